The van der Waals surface area contributed by atoms with Gasteiger partial charge in [0.25, 0.3) is 5.91 Å². The highest BCUT2D eigenvalue weighted by atomic mass is 19.1. The van der Waals surface area contributed by atoms with Gasteiger partial charge in [0.15, 0.2) is 5.69 Å². The third kappa shape index (κ3) is 3.75. The Morgan fingerprint density at radius 1 is 1.23 bits per heavy atom. The van der Waals surface area contributed by atoms with Crippen LogP contribution in [0.2, 0.25) is 0 Å². The van der Waals surface area contributed by atoms with Crippen molar-refractivity contribution in [2.45, 2.75) is 75.9 Å². The van der Waals surface area contributed by atoms with Crippen LogP contribution in [-0.4, -0.2) is 44.9 Å². The minimum absolute atomic E-state index is 0.0780. The van der Waals surface area contributed by atoms with Crippen molar-refractivity contribution >= 4 is 11.8 Å². The van der Waals surface area contributed by atoms with Crippen molar-refractivity contribution in [2.24, 2.45) is 0 Å². The van der Waals surface area contributed by atoms with Crippen molar-refractivity contribution in [3.8, 4) is 0 Å². The Hall–Kier alpha value is -2.70. The normalized spacial score (nSPS) is 26.5. The van der Waals surface area contributed by atoms with Gasteiger partial charge in [0.05, 0.1) is 11.6 Å². The summed E-state index contributed by atoms with van der Waals surface area (Å²) in [6.45, 7) is 3.10. The second-order valence-corrected chi connectivity index (χ2v) is 9.36. The average molecular weight is 426 g/mol. The molecule has 2 amide bonds. The van der Waals surface area contributed by atoms with Gasteiger partial charge in [-0.1, -0.05) is 23.7 Å². The molecule has 1 aliphatic carbocycles. The topological polar surface area (TPSA) is 66.7 Å². The summed E-state index contributed by atoms with van der Waals surface area (Å²) in [5.41, 5.74) is 0.792. The summed E-state index contributed by atoms with van der Waals surface area (Å²) in [4.78, 5) is 30.3. The van der Waals surface area contributed by atoms with Gasteiger partial charge in [-0.2, -0.15) is 0 Å². The van der Waals surface area contributed by atoms with Crippen molar-refractivity contribution in [1.82, 2.24) is 15.0 Å². The summed E-state index contributed by atoms with van der Waals surface area (Å²) in [6.07, 6.45) is 5.97. The van der Waals surface area contributed by atoms with E-state index in [-0.39, 0.29) is 23.7 Å². The highest BCUT2D eigenvalue weighted by Crippen LogP contribution is 2.42. The Kier molecular flexibility index (Phi) is 5.07. The molecule has 6 nitrogen and oxygen atoms in total. The van der Waals surface area contributed by atoms with Crippen LogP contribution in [0.25, 0.3) is 0 Å². The van der Waals surface area contributed by atoms with E-state index in [0.29, 0.717) is 37.5 Å². The van der Waals surface area contributed by atoms with E-state index in [2.05, 4.69) is 12.1 Å². The van der Waals surface area contributed by atoms with E-state index in [4.69, 9.17) is 4.52 Å². The predicted molar refractivity (Wildman–Crippen MR) is 112 cm³/mol. The van der Waals surface area contributed by atoms with E-state index in [9.17, 15) is 14.0 Å². The second kappa shape index (κ2) is 7.77. The van der Waals surface area contributed by atoms with Crippen molar-refractivity contribution < 1.29 is 18.5 Å². The maximum absolute atomic E-state index is 13.4. The molecule has 0 N–H and O–H groups in total. The van der Waals surface area contributed by atoms with Crippen LogP contribution >= 0.6 is 0 Å². The monoisotopic (exact) mass is 425 g/mol. The lowest BCUT2D eigenvalue weighted by molar-refractivity contribution is -0.140. The maximum Gasteiger partial charge on any atom is 0.276 e. The minimum Gasteiger partial charge on any atom is -0.360 e. The number of halogens is 1. The van der Waals surface area contributed by atoms with E-state index >= 15 is 0 Å². The molecular weight excluding hydrogens is 397 g/mol. The average Bonchev–Trinajstić information content (AvgIpc) is 3.40. The Morgan fingerprint density at radius 2 is 2.00 bits per heavy atom. The quantitative estimate of drug-likeness (QED) is 0.734. The van der Waals surface area contributed by atoms with Crippen molar-refractivity contribution in [1.29, 1.82) is 0 Å². The van der Waals surface area contributed by atoms with Gasteiger partial charge in [0.2, 0.25) is 5.91 Å². The highest BCUT2D eigenvalue weighted by molar-refractivity contribution is 5.93. The Balaban J connectivity index is 1.42. The van der Waals surface area contributed by atoms with E-state index < -0.39 is 5.54 Å². The van der Waals surface area contributed by atoms with E-state index in [1.807, 2.05) is 9.80 Å². The molecule has 2 aromatic rings. The Bertz CT molecular complexity index is 984. The van der Waals surface area contributed by atoms with Crippen LogP contribution in [0.15, 0.2) is 34.9 Å². The summed E-state index contributed by atoms with van der Waals surface area (Å²) in [5.74, 6) is 0.907. The molecule has 3 heterocycles. The first kappa shape index (κ1) is 20.2. The molecule has 164 valence electrons. The zero-order chi connectivity index (χ0) is 21.6. The van der Waals surface area contributed by atoms with Crippen molar-refractivity contribution in [2.75, 3.05) is 6.54 Å². The van der Waals surface area contributed by atoms with E-state index in [0.717, 1.165) is 43.4 Å². The predicted octanol–water partition coefficient (Wildman–Crippen LogP) is 4.27. The van der Waals surface area contributed by atoms with Crippen molar-refractivity contribution in [3.05, 3.63) is 53.2 Å². The third-order valence-electron chi connectivity index (χ3n) is 7.23. The minimum atomic E-state index is -0.468. The first-order chi connectivity index (χ1) is 15.0. The van der Waals surface area contributed by atoms with E-state index in [1.165, 1.54) is 12.1 Å². The van der Waals surface area contributed by atoms with Crippen LogP contribution in [0.1, 0.15) is 79.6 Å². The van der Waals surface area contributed by atoms with Gasteiger partial charge in [-0.05, 0) is 56.7 Å². The zero-order valence-corrected chi connectivity index (χ0v) is 17.8. The molecule has 0 unspecified atom stereocenters. The van der Waals surface area contributed by atoms with Crippen molar-refractivity contribution in [3.63, 3.8) is 0 Å². The Morgan fingerprint density at radius 3 is 2.74 bits per heavy atom. The fourth-order valence-electron chi connectivity index (χ4n) is 5.20. The van der Waals surface area contributed by atoms with Gasteiger partial charge in [0, 0.05) is 31.5 Å². The number of fused-ring (bicyclic) bond motifs is 1. The number of nitrogens with zero attached hydrogens (tertiary/aromatic N) is 3. The van der Waals surface area contributed by atoms with Gasteiger partial charge < -0.3 is 14.3 Å². The lowest BCUT2D eigenvalue weighted by Gasteiger charge is -2.45. The molecular formula is C24H28FN3O3. The molecule has 31 heavy (non-hydrogen) atoms. The number of hydrogen-bond donors (Lipinski definition) is 0. The van der Waals surface area contributed by atoms with Crippen LogP contribution in [0.4, 0.5) is 4.39 Å². The fourth-order valence-corrected chi connectivity index (χ4v) is 5.20. The molecule has 1 saturated carbocycles. The molecule has 2 aliphatic heterocycles. The molecule has 0 bridgehead atoms. The standard InChI is InChI=1S/C24H28FN3O3/c1-24-12-13-27(23(30)19-14-20(31-26-19)17-8-9-17)21(24)4-2-3-5-22(29)28(24)15-16-6-10-18(25)11-7-16/h6-7,10-11,14,17,21H,2-5,8-9,12-13,15H2,1H3/t21-,24-/m1/s1. The number of amides is 2. The number of carbonyl (C=O) groups is 2. The lowest BCUT2D eigenvalue weighted by Crippen LogP contribution is -2.58. The summed E-state index contributed by atoms with van der Waals surface area (Å²) in [6, 6.07) is 8.02. The summed E-state index contributed by atoms with van der Waals surface area (Å²) < 4.78 is 18.8. The molecule has 1 aromatic carbocycles. The summed E-state index contributed by atoms with van der Waals surface area (Å²) in [5, 5.41) is 4.05. The van der Waals surface area contributed by atoms with Gasteiger partial charge in [0.1, 0.15) is 11.6 Å². The van der Waals surface area contributed by atoms with Crippen LogP contribution in [-0.2, 0) is 11.3 Å². The summed E-state index contributed by atoms with van der Waals surface area (Å²) in [7, 11) is 0. The van der Waals surface area contributed by atoms with Gasteiger partial charge in [-0.25, -0.2) is 4.39 Å². The third-order valence-corrected chi connectivity index (χ3v) is 7.23. The number of benzene rings is 1. The van der Waals surface area contributed by atoms with Crippen LogP contribution in [0, 0.1) is 5.82 Å². The van der Waals surface area contributed by atoms with Crippen LogP contribution < -0.4 is 0 Å². The number of likely N-dealkylation sites (tertiary alicyclic amines) is 2. The van der Waals surface area contributed by atoms with E-state index in [1.54, 1.807) is 18.2 Å². The zero-order valence-electron chi connectivity index (χ0n) is 17.8. The smallest absolute Gasteiger partial charge is 0.276 e. The number of rotatable bonds is 4. The Labute approximate surface area is 181 Å². The molecule has 0 radical (unpaired) electrons. The highest BCUT2D eigenvalue weighted by Gasteiger charge is 2.51. The molecule has 2 atom stereocenters. The SMILES string of the molecule is C[C@@]12CCN(C(=O)c3cc(C4CC4)on3)[C@@H]1CCCCC(=O)N2Cc1ccc(F)cc1. The second-order valence-electron chi connectivity index (χ2n) is 9.36. The van der Waals surface area contributed by atoms with Gasteiger partial charge in [-0.15, -0.1) is 0 Å². The maximum atomic E-state index is 13.4. The van der Waals surface area contributed by atoms with Gasteiger partial charge in [-0.3, -0.25) is 9.59 Å². The molecule has 7 heteroatoms. The molecule has 5 rings (SSSR count). The first-order valence-electron chi connectivity index (χ1n) is 11.3. The van der Waals surface area contributed by atoms with Crippen LogP contribution in [0.3, 0.4) is 0 Å². The lowest BCUT2D eigenvalue weighted by atomic mass is 9.84. The molecule has 2 saturated heterocycles. The first-order valence-corrected chi connectivity index (χ1v) is 11.3. The molecule has 3 fully saturated rings. The van der Waals surface area contributed by atoms with Gasteiger partial charge >= 0.3 is 0 Å². The number of carbonyl (C=O) groups excluding carboxylic acids is 2. The number of hydrogen-bond acceptors (Lipinski definition) is 4. The number of aromatic nitrogens is 1. The molecule has 1 aromatic heterocycles. The molecule has 3 aliphatic rings. The summed E-state index contributed by atoms with van der Waals surface area (Å²) >= 11 is 0. The molecule has 0 spiro atoms. The van der Waals surface area contributed by atoms with Crippen LogP contribution in [0.5, 0.6) is 0 Å². The largest absolute Gasteiger partial charge is 0.360 e. The fraction of sp³-hybridized carbons (Fsp3) is 0.542.